The Bertz CT molecular complexity index is 493. The summed E-state index contributed by atoms with van der Waals surface area (Å²) in [5, 5.41) is 10.9. The maximum atomic E-state index is 11.8. The van der Waals surface area contributed by atoms with Crippen LogP contribution in [0.2, 0.25) is 0 Å². The highest BCUT2D eigenvalue weighted by Crippen LogP contribution is 2.14. The molecular formula is C10H10F3N3O4. The minimum Gasteiger partial charge on any atom is -0.476 e. The van der Waals surface area contributed by atoms with Crippen LogP contribution in [-0.4, -0.2) is 46.3 Å². The minimum atomic E-state index is -4.46. The first kappa shape index (κ1) is 15.8. The first-order valence-corrected chi connectivity index (χ1v) is 5.28. The number of ether oxygens (including phenoxy) is 1. The molecule has 0 aliphatic rings. The van der Waals surface area contributed by atoms with Crippen molar-refractivity contribution in [2.24, 2.45) is 0 Å². The van der Waals surface area contributed by atoms with E-state index in [1.54, 1.807) is 0 Å². The number of aromatic carboxylic acids is 1. The zero-order chi connectivity index (χ0) is 15.2. The van der Waals surface area contributed by atoms with Gasteiger partial charge in [-0.2, -0.15) is 13.2 Å². The second-order valence-electron chi connectivity index (χ2n) is 3.52. The quantitative estimate of drug-likeness (QED) is 0.761. The lowest BCUT2D eigenvalue weighted by atomic mass is 10.3. The molecule has 0 aliphatic carbocycles. The number of hydrogen-bond donors (Lipinski definition) is 2. The summed E-state index contributed by atoms with van der Waals surface area (Å²) in [6, 6.07) is 0. The zero-order valence-corrected chi connectivity index (χ0v) is 9.98. The SMILES string of the molecule is O=C(CCOCC(F)(F)F)Nc1nccnc1C(=O)O. The molecule has 2 N–H and O–H groups in total. The van der Waals surface area contributed by atoms with E-state index in [4.69, 9.17) is 5.11 Å². The van der Waals surface area contributed by atoms with Gasteiger partial charge in [-0.05, 0) is 0 Å². The predicted molar refractivity (Wildman–Crippen MR) is 59.1 cm³/mol. The van der Waals surface area contributed by atoms with Gasteiger partial charge in [0.05, 0.1) is 13.0 Å². The van der Waals surface area contributed by atoms with Crippen LogP contribution in [0.15, 0.2) is 12.4 Å². The lowest BCUT2D eigenvalue weighted by Crippen LogP contribution is -2.21. The van der Waals surface area contributed by atoms with Gasteiger partial charge in [-0.3, -0.25) is 4.79 Å². The van der Waals surface area contributed by atoms with E-state index in [9.17, 15) is 22.8 Å². The number of halogens is 3. The summed E-state index contributed by atoms with van der Waals surface area (Å²) in [6.07, 6.45) is -2.53. The first-order valence-electron chi connectivity index (χ1n) is 5.28. The summed E-state index contributed by atoms with van der Waals surface area (Å²) in [7, 11) is 0. The van der Waals surface area contributed by atoms with Crippen molar-refractivity contribution in [2.45, 2.75) is 12.6 Å². The van der Waals surface area contributed by atoms with Crippen molar-refractivity contribution in [3.05, 3.63) is 18.1 Å². The number of nitrogens with zero attached hydrogens (tertiary/aromatic N) is 2. The molecule has 0 saturated carbocycles. The average Bonchev–Trinajstić information content (AvgIpc) is 2.34. The summed E-state index contributed by atoms with van der Waals surface area (Å²) in [5.41, 5.74) is -0.461. The highest BCUT2D eigenvalue weighted by molar-refractivity contribution is 5.97. The Labute approximate surface area is 110 Å². The third kappa shape index (κ3) is 5.61. The smallest absolute Gasteiger partial charge is 0.411 e. The number of aromatic nitrogens is 2. The van der Waals surface area contributed by atoms with Crippen LogP contribution in [0, 0.1) is 0 Å². The van der Waals surface area contributed by atoms with Gasteiger partial charge in [-0.1, -0.05) is 0 Å². The van der Waals surface area contributed by atoms with Gasteiger partial charge in [0.1, 0.15) is 6.61 Å². The Morgan fingerprint density at radius 3 is 2.55 bits per heavy atom. The third-order valence-electron chi connectivity index (χ3n) is 1.90. The number of rotatable bonds is 6. The van der Waals surface area contributed by atoms with Crippen LogP contribution < -0.4 is 5.32 Å². The van der Waals surface area contributed by atoms with Crippen LogP contribution in [0.5, 0.6) is 0 Å². The molecule has 1 aromatic rings. The molecular weight excluding hydrogens is 283 g/mol. The molecule has 7 nitrogen and oxygen atoms in total. The topological polar surface area (TPSA) is 101 Å². The number of amides is 1. The van der Waals surface area contributed by atoms with E-state index < -0.39 is 37.0 Å². The fourth-order valence-electron chi connectivity index (χ4n) is 1.13. The summed E-state index contributed by atoms with van der Waals surface area (Å²) in [4.78, 5) is 29.3. The Kier molecular flexibility index (Phi) is 5.38. The van der Waals surface area contributed by atoms with Crippen LogP contribution in [0.3, 0.4) is 0 Å². The number of hydrogen-bond acceptors (Lipinski definition) is 5. The molecule has 1 heterocycles. The van der Waals surface area contributed by atoms with Crippen LogP contribution in [0.25, 0.3) is 0 Å². The Morgan fingerprint density at radius 2 is 1.95 bits per heavy atom. The largest absolute Gasteiger partial charge is 0.476 e. The van der Waals surface area contributed by atoms with Crippen LogP contribution in [-0.2, 0) is 9.53 Å². The van der Waals surface area contributed by atoms with Crippen molar-refractivity contribution in [3.63, 3.8) is 0 Å². The van der Waals surface area contributed by atoms with E-state index >= 15 is 0 Å². The van der Waals surface area contributed by atoms with Gasteiger partial charge in [0.15, 0.2) is 11.5 Å². The molecule has 0 spiro atoms. The van der Waals surface area contributed by atoms with E-state index in [0.717, 1.165) is 6.20 Å². The number of carboxylic acids is 1. The normalized spacial score (nSPS) is 11.2. The van der Waals surface area contributed by atoms with Gasteiger partial charge < -0.3 is 15.2 Å². The molecule has 0 atom stereocenters. The highest BCUT2D eigenvalue weighted by atomic mass is 19.4. The van der Waals surface area contributed by atoms with Crippen molar-refractivity contribution in [2.75, 3.05) is 18.5 Å². The van der Waals surface area contributed by atoms with Crippen molar-refractivity contribution in [3.8, 4) is 0 Å². The lowest BCUT2D eigenvalue weighted by Gasteiger charge is -2.08. The monoisotopic (exact) mass is 293 g/mol. The van der Waals surface area contributed by atoms with E-state index in [2.05, 4.69) is 20.0 Å². The van der Waals surface area contributed by atoms with Gasteiger partial charge in [0.2, 0.25) is 5.91 Å². The van der Waals surface area contributed by atoms with Gasteiger partial charge in [-0.25, -0.2) is 14.8 Å². The van der Waals surface area contributed by atoms with E-state index in [1.165, 1.54) is 6.20 Å². The predicted octanol–water partition coefficient (Wildman–Crippen LogP) is 1.08. The number of nitrogens with one attached hydrogen (secondary N) is 1. The van der Waals surface area contributed by atoms with Crippen LogP contribution in [0.4, 0.5) is 19.0 Å². The Hall–Kier alpha value is -2.23. The molecule has 0 aromatic carbocycles. The van der Waals surface area contributed by atoms with E-state index in [-0.39, 0.29) is 12.2 Å². The van der Waals surface area contributed by atoms with Gasteiger partial charge in [0.25, 0.3) is 0 Å². The fraction of sp³-hybridized carbons (Fsp3) is 0.400. The van der Waals surface area contributed by atoms with Gasteiger partial charge in [0, 0.05) is 12.4 Å². The van der Waals surface area contributed by atoms with E-state index in [0.29, 0.717) is 0 Å². The molecule has 110 valence electrons. The van der Waals surface area contributed by atoms with E-state index in [1.807, 2.05) is 0 Å². The molecule has 0 radical (unpaired) electrons. The summed E-state index contributed by atoms with van der Waals surface area (Å²) < 4.78 is 39.5. The van der Waals surface area contributed by atoms with Crippen molar-refractivity contribution in [1.29, 1.82) is 0 Å². The first-order chi connectivity index (χ1) is 9.29. The van der Waals surface area contributed by atoms with Gasteiger partial charge in [-0.15, -0.1) is 0 Å². The summed E-state index contributed by atoms with van der Waals surface area (Å²) in [6.45, 7) is -1.90. The molecule has 1 amide bonds. The maximum Gasteiger partial charge on any atom is 0.411 e. The number of carboxylic acid groups (broad SMARTS) is 1. The molecule has 0 aliphatic heterocycles. The molecule has 1 aromatic heterocycles. The molecule has 0 unspecified atom stereocenters. The molecule has 0 fully saturated rings. The van der Waals surface area contributed by atoms with Crippen molar-refractivity contribution in [1.82, 2.24) is 9.97 Å². The molecule has 10 heteroatoms. The zero-order valence-electron chi connectivity index (χ0n) is 9.98. The van der Waals surface area contributed by atoms with Crippen molar-refractivity contribution >= 4 is 17.7 Å². The minimum absolute atomic E-state index is 0.277. The van der Waals surface area contributed by atoms with Crippen LogP contribution in [0.1, 0.15) is 16.9 Å². The fourth-order valence-corrected chi connectivity index (χ4v) is 1.13. The number of carbonyl (C=O) groups excluding carboxylic acids is 1. The van der Waals surface area contributed by atoms with Gasteiger partial charge >= 0.3 is 12.1 Å². The molecule has 0 saturated heterocycles. The molecule has 0 bridgehead atoms. The second kappa shape index (κ2) is 6.80. The molecule has 1 rings (SSSR count). The number of carbonyl (C=O) groups is 2. The molecule has 20 heavy (non-hydrogen) atoms. The highest BCUT2D eigenvalue weighted by Gasteiger charge is 2.27. The van der Waals surface area contributed by atoms with Crippen molar-refractivity contribution < 1.29 is 32.6 Å². The number of alkyl halides is 3. The Balaban J connectivity index is 2.45. The maximum absolute atomic E-state index is 11.8. The Morgan fingerprint density at radius 1 is 1.30 bits per heavy atom. The number of anilines is 1. The second-order valence-corrected chi connectivity index (χ2v) is 3.52. The third-order valence-corrected chi connectivity index (χ3v) is 1.90. The standard InChI is InChI=1S/C10H10F3N3O4/c11-10(12,13)5-20-4-1-6(17)16-8-7(9(18)19)14-2-3-15-8/h2-3H,1,4-5H2,(H,18,19)(H,15,16,17). The lowest BCUT2D eigenvalue weighted by molar-refractivity contribution is -0.174. The average molecular weight is 293 g/mol. The summed E-state index contributed by atoms with van der Waals surface area (Å²) >= 11 is 0. The van der Waals surface area contributed by atoms with Crippen LogP contribution >= 0.6 is 0 Å². The summed E-state index contributed by atoms with van der Waals surface area (Å²) in [5.74, 6) is -2.39.